The predicted molar refractivity (Wildman–Crippen MR) is 75.3 cm³/mol. The van der Waals surface area contributed by atoms with Gasteiger partial charge in [0.15, 0.2) is 0 Å². The zero-order chi connectivity index (χ0) is 14.8. The molecule has 7 nitrogen and oxygen atoms in total. The summed E-state index contributed by atoms with van der Waals surface area (Å²) in [5.74, 6) is -0.184. The molecule has 0 aromatic carbocycles. The van der Waals surface area contributed by atoms with E-state index >= 15 is 0 Å². The molecule has 0 spiro atoms. The van der Waals surface area contributed by atoms with E-state index in [-0.39, 0.29) is 23.8 Å². The summed E-state index contributed by atoms with van der Waals surface area (Å²) < 4.78 is 26.0. The first kappa shape index (κ1) is 16.5. The number of sulfonamides is 1. The Morgan fingerprint density at radius 2 is 2.10 bits per heavy atom. The fourth-order valence-corrected chi connectivity index (χ4v) is 2.47. The second-order valence-corrected chi connectivity index (χ2v) is 5.95. The Kier molecular flexibility index (Phi) is 7.13. The lowest BCUT2D eigenvalue weighted by atomic mass is 10.3. The summed E-state index contributed by atoms with van der Waals surface area (Å²) in [4.78, 5) is 15.3. The van der Waals surface area contributed by atoms with E-state index in [0.717, 1.165) is 12.8 Å². The molecule has 0 atom stereocenters. The van der Waals surface area contributed by atoms with Crippen LogP contribution < -0.4 is 15.8 Å². The van der Waals surface area contributed by atoms with Crippen LogP contribution in [0.3, 0.4) is 0 Å². The van der Waals surface area contributed by atoms with Gasteiger partial charge in [0.1, 0.15) is 4.90 Å². The molecule has 0 fully saturated rings. The first-order chi connectivity index (χ1) is 9.56. The Balaban J connectivity index is 2.28. The third-order valence-electron chi connectivity index (χ3n) is 2.54. The van der Waals surface area contributed by atoms with E-state index in [4.69, 9.17) is 5.73 Å². The predicted octanol–water partition coefficient (Wildman–Crippen LogP) is -0.395. The molecular formula is C12H20N4O3S. The number of carbonyl (C=O) groups is 1. The van der Waals surface area contributed by atoms with Crippen molar-refractivity contribution in [3.05, 3.63) is 24.5 Å². The molecule has 0 unspecified atom stereocenters. The maximum atomic E-state index is 11.8. The molecule has 0 bridgehead atoms. The molecule has 4 N–H and O–H groups in total. The largest absolute Gasteiger partial charge is 0.356 e. The van der Waals surface area contributed by atoms with Crippen molar-refractivity contribution in [1.82, 2.24) is 15.0 Å². The van der Waals surface area contributed by atoms with E-state index in [2.05, 4.69) is 15.0 Å². The van der Waals surface area contributed by atoms with E-state index in [1.165, 1.54) is 18.5 Å². The van der Waals surface area contributed by atoms with Crippen LogP contribution in [0.2, 0.25) is 0 Å². The number of amides is 1. The minimum absolute atomic E-state index is 0.0555. The molecule has 1 rings (SSSR count). The van der Waals surface area contributed by atoms with Gasteiger partial charge in [0.2, 0.25) is 15.9 Å². The Bertz CT molecular complexity index is 505. The molecular weight excluding hydrogens is 280 g/mol. The van der Waals surface area contributed by atoms with Crippen molar-refractivity contribution in [1.29, 1.82) is 0 Å². The lowest BCUT2D eigenvalue weighted by Crippen LogP contribution is -2.31. The van der Waals surface area contributed by atoms with Gasteiger partial charge in [-0.25, -0.2) is 13.1 Å². The molecule has 0 saturated heterocycles. The molecule has 112 valence electrons. The van der Waals surface area contributed by atoms with E-state index in [1.54, 1.807) is 6.07 Å². The van der Waals surface area contributed by atoms with Crippen LogP contribution in [0.25, 0.3) is 0 Å². The zero-order valence-corrected chi connectivity index (χ0v) is 12.0. The van der Waals surface area contributed by atoms with Crippen molar-refractivity contribution < 1.29 is 13.2 Å². The van der Waals surface area contributed by atoms with Gasteiger partial charge in [0.05, 0.1) is 0 Å². The normalized spacial score (nSPS) is 11.2. The van der Waals surface area contributed by atoms with Crippen LogP contribution in [0.4, 0.5) is 0 Å². The fraction of sp³-hybridized carbons (Fsp3) is 0.500. The summed E-state index contributed by atoms with van der Waals surface area (Å²) in [6, 6.07) is 2.99. The Morgan fingerprint density at radius 1 is 1.30 bits per heavy atom. The minimum Gasteiger partial charge on any atom is -0.356 e. The highest BCUT2D eigenvalue weighted by Crippen LogP contribution is 2.04. The molecule has 1 aromatic rings. The molecule has 20 heavy (non-hydrogen) atoms. The number of nitrogens with two attached hydrogens (primary N) is 1. The maximum Gasteiger partial charge on any atom is 0.242 e. The van der Waals surface area contributed by atoms with Gasteiger partial charge in [0.25, 0.3) is 0 Å². The van der Waals surface area contributed by atoms with Crippen molar-refractivity contribution in [3.63, 3.8) is 0 Å². The second kappa shape index (κ2) is 8.62. The van der Waals surface area contributed by atoms with Crippen molar-refractivity contribution in [3.8, 4) is 0 Å². The van der Waals surface area contributed by atoms with Gasteiger partial charge in [-0.3, -0.25) is 9.78 Å². The first-order valence-electron chi connectivity index (χ1n) is 6.43. The summed E-state index contributed by atoms with van der Waals surface area (Å²) in [5, 5.41) is 2.70. The smallest absolute Gasteiger partial charge is 0.242 e. The molecule has 1 heterocycles. The molecule has 0 aliphatic carbocycles. The van der Waals surface area contributed by atoms with Crippen LogP contribution in [0, 0.1) is 0 Å². The van der Waals surface area contributed by atoms with Crippen molar-refractivity contribution >= 4 is 15.9 Å². The fourth-order valence-electron chi connectivity index (χ4n) is 1.47. The number of unbranched alkanes of at least 4 members (excludes halogenated alkanes) is 1. The number of nitrogens with one attached hydrogen (secondary N) is 2. The topological polar surface area (TPSA) is 114 Å². The summed E-state index contributed by atoms with van der Waals surface area (Å²) in [6.07, 6.45) is 4.53. The number of rotatable bonds is 9. The molecule has 1 aromatic heterocycles. The van der Waals surface area contributed by atoms with Crippen LogP contribution in [0.15, 0.2) is 29.4 Å². The number of hydrogen-bond donors (Lipinski definition) is 3. The highest BCUT2D eigenvalue weighted by molar-refractivity contribution is 7.89. The van der Waals surface area contributed by atoms with Gasteiger partial charge in [-0.05, 0) is 31.5 Å². The van der Waals surface area contributed by atoms with E-state index in [0.29, 0.717) is 13.1 Å². The summed E-state index contributed by atoms with van der Waals surface area (Å²) in [6.45, 7) is 1.21. The minimum atomic E-state index is -3.59. The second-order valence-electron chi connectivity index (χ2n) is 4.18. The Hall–Kier alpha value is -1.51. The lowest BCUT2D eigenvalue weighted by Gasteiger charge is -2.07. The van der Waals surface area contributed by atoms with E-state index in [9.17, 15) is 13.2 Å². The number of aromatic nitrogens is 1. The van der Waals surface area contributed by atoms with Gasteiger partial charge in [-0.1, -0.05) is 0 Å². The maximum absolute atomic E-state index is 11.8. The van der Waals surface area contributed by atoms with Crippen LogP contribution in [0.5, 0.6) is 0 Å². The molecule has 0 aliphatic rings. The lowest BCUT2D eigenvalue weighted by molar-refractivity contribution is -0.120. The average Bonchev–Trinajstić information content (AvgIpc) is 2.44. The molecule has 1 amide bonds. The summed E-state index contributed by atoms with van der Waals surface area (Å²) in [7, 11) is -3.59. The van der Waals surface area contributed by atoms with Gasteiger partial charge in [0, 0.05) is 31.9 Å². The standard InChI is InChI=1S/C12H20N4O3S/c13-6-1-2-8-15-12(17)5-9-16-20(18,19)11-4-3-7-14-10-11/h3-4,7,10,16H,1-2,5-6,8-9,13H2,(H,15,17). The van der Waals surface area contributed by atoms with Gasteiger partial charge >= 0.3 is 0 Å². The highest BCUT2D eigenvalue weighted by Gasteiger charge is 2.13. The quantitative estimate of drug-likeness (QED) is 0.537. The Labute approximate surface area is 119 Å². The van der Waals surface area contributed by atoms with Gasteiger partial charge in [-0.15, -0.1) is 0 Å². The van der Waals surface area contributed by atoms with Crippen molar-refractivity contribution in [2.45, 2.75) is 24.2 Å². The van der Waals surface area contributed by atoms with Gasteiger partial charge in [-0.2, -0.15) is 0 Å². The van der Waals surface area contributed by atoms with Gasteiger partial charge < -0.3 is 11.1 Å². The van der Waals surface area contributed by atoms with E-state index in [1.807, 2.05) is 0 Å². The number of nitrogens with zero attached hydrogens (tertiary/aromatic N) is 1. The molecule has 0 aliphatic heterocycles. The highest BCUT2D eigenvalue weighted by atomic mass is 32.2. The zero-order valence-electron chi connectivity index (χ0n) is 11.2. The molecule has 8 heteroatoms. The monoisotopic (exact) mass is 300 g/mol. The van der Waals surface area contributed by atoms with Crippen molar-refractivity contribution in [2.24, 2.45) is 5.73 Å². The third kappa shape index (κ3) is 6.09. The Morgan fingerprint density at radius 3 is 2.75 bits per heavy atom. The summed E-state index contributed by atoms with van der Waals surface area (Å²) in [5.41, 5.74) is 5.33. The summed E-state index contributed by atoms with van der Waals surface area (Å²) >= 11 is 0. The SMILES string of the molecule is NCCCCNC(=O)CCNS(=O)(=O)c1cccnc1. The number of hydrogen-bond acceptors (Lipinski definition) is 5. The first-order valence-corrected chi connectivity index (χ1v) is 7.91. The van der Waals surface area contributed by atoms with Crippen LogP contribution in [-0.2, 0) is 14.8 Å². The van der Waals surface area contributed by atoms with E-state index < -0.39 is 10.0 Å². The van der Waals surface area contributed by atoms with Crippen LogP contribution >= 0.6 is 0 Å². The van der Waals surface area contributed by atoms with Crippen LogP contribution in [-0.4, -0.2) is 38.9 Å². The third-order valence-corrected chi connectivity index (χ3v) is 3.99. The number of pyridine rings is 1. The average molecular weight is 300 g/mol. The molecule has 0 saturated carbocycles. The molecule has 0 radical (unpaired) electrons. The number of carbonyl (C=O) groups excluding carboxylic acids is 1. The van der Waals surface area contributed by atoms with Crippen LogP contribution in [0.1, 0.15) is 19.3 Å². The van der Waals surface area contributed by atoms with Crippen molar-refractivity contribution in [2.75, 3.05) is 19.6 Å².